The predicted molar refractivity (Wildman–Crippen MR) is 61.1 cm³/mol. The number of hydrogen-bond acceptors (Lipinski definition) is 1. The van der Waals surface area contributed by atoms with Crippen LogP contribution in [0.3, 0.4) is 0 Å². The SMILES string of the molecule is Fc1c(CC2CCC2)ccc(OC2CC2)c1F. The number of hydrogen-bond donors (Lipinski definition) is 0. The van der Waals surface area contributed by atoms with Gasteiger partial charge in [-0.05, 0) is 36.8 Å². The molecule has 0 atom stereocenters. The van der Waals surface area contributed by atoms with Gasteiger partial charge < -0.3 is 4.74 Å². The van der Waals surface area contributed by atoms with Crippen LogP contribution in [0, 0.1) is 17.6 Å². The molecule has 2 aliphatic rings. The van der Waals surface area contributed by atoms with E-state index in [1.807, 2.05) is 0 Å². The molecule has 0 amide bonds. The van der Waals surface area contributed by atoms with Gasteiger partial charge in [-0.3, -0.25) is 0 Å². The van der Waals surface area contributed by atoms with Gasteiger partial charge in [0.15, 0.2) is 11.6 Å². The van der Waals surface area contributed by atoms with Crippen LogP contribution in [-0.2, 0) is 6.42 Å². The molecule has 2 fully saturated rings. The van der Waals surface area contributed by atoms with Crippen molar-refractivity contribution < 1.29 is 13.5 Å². The van der Waals surface area contributed by atoms with Crippen molar-refractivity contribution in [2.24, 2.45) is 5.92 Å². The third-order valence-corrected chi connectivity index (χ3v) is 3.68. The summed E-state index contributed by atoms with van der Waals surface area (Å²) in [6.07, 6.45) is 6.16. The lowest BCUT2D eigenvalue weighted by molar-refractivity contribution is 0.279. The minimum atomic E-state index is -0.811. The summed E-state index contributed by atoms with van der Waals surface area (Å²) in [5, 5.41) is 0. The predicted octanol–water partition coefficient (Wildman–Crippen LogP) is 3.85. The summed E-state index contributed by atoms with van der Waals surface area (Å²) < 4.78 is 32.8. The third kappa shape index (κ3) is 2.28. The summed E-state index contributed by atoms with van der Waals surface area (Å²) in [5.74, 6) is -0.912. The Morgan fingerprint density at radius 1 is 1.06 bits per heavy atom. The highest BCUT2D eigenvalue weighted by atomic mass is 19.2. The average Bonchev–Trinajstić information content (AvgIpc) is 3.05. The van der Waals surface area contributed by atoms with E-state index in [1.165, 1.54) is 6.42 Å². The first kappa shape index (κ1) is 11.0. The fourth-order valence-electron chi connectivity index (χ4n) is 2.19. The monoisotopic (exact) mass is 238 g/mol. The van der Waals surface area contributed by atoms with Gasteiger partial charge in [0.05, 0.1) is 6.10 Å². The molecule has 0 unspecified atom stereocenters. The Morgan fingerprint density at radius 2 is 1.82 bits per heavy atom. The van der Waals surface area contributed by atoms with Crippen molar-refractivity contribution in [1.29, 1.82) is 0 Å². The first-order valence-electron chi connectivity index (χ1n) is 6.37. The van der Waals surface area contributed by atoms with Crippen LogP contribution in [-0.4, -0.2) is 6.10 Å². The number of ether oxygens (including phenoxy) is 1. The highest BCUT2D eigenvalue weighted by Crippen LogP contribution is 2.34. The van der Waals surface area contributed by atoms with Gasteiger partial charge in [0, 0.05) is 0 Å². The molecule has 3 rings (SSSR count). The molecule has 17 heavy (non-hydrogen) atoms. The van der Waals surface area contributed by atoms with Gasteiger partial charge >= 0.3 is 0 Å². The van der Waals surface area contributed by atoms with E-state index in [9.17, 15) is 8.78 Å². The van der Waals surface area contributed by atoms with E-state index >= 15 is 0 Å². The van der Waals surface area contributed by atoms with E-state index in [2.05, 4.69) is 0 Å². The molecule has 0 N–H and O–H groups in total. The molecule has 2 saturated carbocycles. The van der Waals surface area contributed by atoms with Gasteiger partial charge in [0.25, 0.3) is 0 Å². The number of benzene rings is 1. The van der Waals surface area contributed by atoms with Crippen molar-refractivity contribution >= 4 is 0 Å². The molecule has 2 aliphatic carbocycles. The van der Waals surface area contributed by atoms with Crippen LogP contribution >= 0.6 is 0 Å². The van der Waals surface area contributed by atoms with E-state index < -0.39 is 11.6 Å². The van der Waals surface area contributed by atoms with Crippen molar-refractivity contribution in [3.8, 4) is 5.75 Å². The Morgan fingerprint density at radius 3 is 2.41 bits per heavy atom. The highest BCUT2D eigenvalue weighted by Gasteiger charge is 2.27. The van der Waals surface area contributed by atoms with E-state index in [0.717, 1.165) is 25.7 Å². The van der Waals surface area contributed by atoms with Crippen LogP contribution in [0.2, 0.25) is 0 Å². The van der Waals surface area contributed by atoms with Gasteiger partial charge in [0.1, 0.15) is 0 Å². The smallest absolute Gasteiger partial charge is 0.200 e. The van der Waals surface area contributed by atoms with Gasteiger partial charge in [-0.1, -0.05) is 25.3 Å². The normalized spacial score (nSPS) is 20.1. The molecule has 3 heteroatoms. The van der Waals surface area contributed by atoms with Gasteiger partial charge in [0.2, 0.25) is 5.82 Å². The summed E-state index contributed by atoms with van der Waals surface area (Å²) in [7, 11) is 0. The van der Waals surface area contributed by atoms with Gasteiger partial charge in [-0.25, -0.2) is 4.39 Å². The molecule has 0 heterocycles. The molecule has 0 radical (unpaired) electrons. The van der Waals surface area contributed by atoms with E-state index in [1.54, 1.807) is 12.1 Å². The van der Waals surface area contributed by atoms with Crippen LogP contribution in [0.5, 0.6) is 5.75 Å². The van der Waals surface area contributed by atoms with Crippen molar-refractivity contribution in [3.63, 3.8) is 0 Å². The Hall–Kier alpha value is -1.12. The second-order valence-corrected chi connectivity index (χ2v) is 5.17. The second kappa shape index (κ2) is 4.28. The summed E-state index contributed by atoms with van der Waals surface area (Å²) >= 11 is 0. The third-order valence-electron chi connectivity index (χ3n) is 3.68. The van der Waals surface area contributed by atoms with Crippen LogP contribution in [0.1, 0.15) is 37.7 Å². The molecule has 92 valence electrons. The fourth-order valence-corrected chi connectivity index (χ4v) is 2.19. The topological polar surface area (TPSA) is 9.23 Å². The first-order valence-corrected chi connectivity index (χ1v) is 6.37. The average molecular weight is 238 g/mol. The number of halogens is 2. The van der Waals surface area contributed by atoms with Crippen LogP contribution in [0.25, 0.3) is 0 Å². The van der Waals surface area contributed by atoms with Crippen LogP contribution in [0.4, 0.5) is 8.78 Å². The van der Waals surface area contributed by atoms with E-state index in [4.69, 9.17) is 4.74 Å². The summed E-state index contributed by atoms with van der Waals surface area (Å²) in [6, 6.07) is 3.25. The van der Waals surface area contributed by atoms with Crippen molar-refractivity contribution in [1.82, 2.24) is 0 Å². The van der Waals surface area contributed by atoms with Crippen molar-refractivity contribution in [2.45, 2.75) is 44.6 Å². The van der Waals surface area contributed by atoms with Crippen LogP contribution < -0.4 is 4.74 Å². The molecular weight excluding hydrogens is 222 g/mol. The van der Waals surface area contributed by atoms with Gasteiger partial charge in [-0.15, -0.1) is 0 Å². The second-order valence-electron chi connectivity index (χ2n) is 5.17. The summed E-state index contributed by atoms with van der Waals surface area (Å²) in [4.78, 5) is 0. The molecule has 0 saturated heterocycles. The quantitative estimate of drug-likeness (QED) is 0.774. The fraction of sp³-hybridized carbons (Fsp3) is 0.571. The van der Waals surface area contributed by atoms with E-state index in [0.29, 0.717) is 17.9 Å². The molecule has 0 spiro atoms. The molecule has 0 bridgehead atoms. The first-order chi connectivity index (χ1) is 8.24. The minimum Gasteiger partial charge on any atom is -0.487 e. The lowest BCUT2D eigenvalue weighted by atomic mass is 9.81. The van der Waals surface area contributed by atoms with Crippen molar-refractivity contribution in [2.75, 3.05) is 0 Å². The Labute approximate surface area is 99.8 Å². The maximum absolute atomic E-state index is 13.8. The minimum absolute atomic E-state index is 0.0716. The highest BCUT2D eigenvalue weighted by molar-refractivity contribution is 5.32. The standard InChI is InChI=1S/C14H16F2O/c15-13-10(8-9-2-1-3-9)4-7-12(14(13)16)17-11-5-6-11/h4,7,9,11H,1-3,5-6,8H2. The molecule has 0 aliphatic heterocycles. The summed E-state index contributed by atoms with van der Waals surface area (Å²) in [6.45, 7) is 0. The Balaban J connectivity index is 1.77. The zero-order valence-electron chi connectivity index (χ0n) is 9.72. The van der Waals surface area contributed by atoms with Crippen LogP contribution in [0.15, 0.2) is 12.1 Å². The Bertz CT molecular complexity index is 422. The molecule has 0 aromatic heterocycles. The zero-order chi connectivity index (χ0) is 11.8. The zero-order valence-corrected chi connectivity index (χ0v) is 9.72. The molecule has 1 nitrogen and oxygen atoms in total. The Kier molecular flexibility index (Phi) is 2.77. The maximum atomic E-state index is 13.8. The van der Waals surface area contributed by atoms with Gasteiger partial charge in [-0.2, -0.15) is 4.39 Å². The molecular formula is C14H16F2O. The molecule has 1 aromatic carbocycles. The number of rotatable bonds is 4. The molecule has 1 aromatic rings. The summed E-state index contributed by atoms with van der Waals surface area (Å²) in [5.41, 5.74) is 0.496. The maximum Gasteiger partial charge on any atom is 0.200 e. The largest absolute Gasteiger partial charge is 0.487 e. The lowest BCUT2D eigenvalue weighted by Crippen LogP contribution is -2.15. The van der Waals surface area contributed by atoms with E-state index in [-0.39, 0.29) is 11.9 Å². The van der Waals surface area contributed by atoms with Crippen molar-refractivity contribution in [3.05, 3.63) is 29.3 Å². The lowest BCUT2D eigenvalue weighted by Gasteiger charge is -2.25.